The lowest BCUT2D eigenvalue weighted by molar-refractivity contribution is -0.141. The third-order valence-electron chi connectivity index (χ3n) is 4.18. The topological polar surface area (TPSA) is 56.3 Å². The molecule has 0 spiro atoms. The summed E-state index contributed by atoms with van der Waals surface area (Å²) in [5.74, 6) is 0.0519. The van der Waals surface area contributed by atoms with Crippen molar-refractivity contribution in [2.75, 3.05) is 48.3 Å². The Bertz CT molecular complexity index is 791. The van der Waals surface area contributed by atoms with Crippen LogP contribution in [0.25, 0.3) is 0 Å². The standard InChI is InChI=1S/C17H19F3N6S/c1-21-16(27)24-15-22-13(17(18,19)20)11-14(23-15)26-9-7-25(8-10-26)12-5-3-2-4-6-12/h2-6,11H,7-10H2,1H3,(H2,21,22,23,24,27). The minimum atomic E-state index is -4.57. The van der Waals surface area contributed by atoms with E-state index < -0.39 is 11.9 Å². The van der Waals surface area contributed by atoms with Crippen molar-refractivity contribution in [1.82, 2.24) is 15.3 Å². The second-order valence-electron chi connectivity index (χ2n) is 5.95. The van der Waals surface area contributed by atoms with Gasteiger partial charge < -0.3 is 20.4 Å². The monoisotopic (exact) mass is 396 g/mol. The van der Waals surface area contributed by atoms with Crippen molar-refractivity contribution in [1.29, 1.82) is 0 Å². The van der Waals surface area contributed by atoms with Crippen molar-refractivity contribution in [2.45, 2.75) is 6.18 Å². The van der Waals surface area contributed by atoms with E-state index in [2.05, 4.69) is 25.5 Å². The molecule has 1 fully saturated rings. The Morgan fingerprint density at radius 3 is 2.26 bits per heavy atom. The molecule has 2 heterocycles. The normalized spacial score (nSPS) is 14.8. The van der Waals surface area contributed by atoms with Gasteiger partial charge in [-0.1, -0.05) is 18.2 Å². The lowest BCUT2D eigenvalue weighted by Crippen LogP contribution is -2.47. The van der Waals surface area contributed by atoms with Gasteiger partial charge in [0, 0.05) is 45.0 Å². The average molecular weight is 396 g/mol. The summed E-state index contributed by atoms with van der Waals surface area (Å²) in [4.78, 5) is 11.8. The Kier molecular flexibility index (Phi) is 5.64. The van der Waals surface area contributed by atoms with E-state index in [1.54, 1.807) is 7.05 Å². The first-order valence-corrected chi connectivity index (χ1v) is 8.77. The van der Waals surface area contributed by atoms with Gasteiger partial charge in [0.15, 0.2) is 10.8 Å². The number of alkyl halides is 3. The fraction of sp³-hybridized carbons (Fsp3) is 0.353. The Morgan fingerprint density at radius 1 is 1.04 bits per heavy atom. The van der Waals surface area contributed by atoms with Crippen LogP contribution in [0.3, 0.4) is 0 Å². The number of aromatic nitrogens is 2. The number of hydrogen-bond acceptors (Lipinski definition) is 5. The minimum Gasteiger partial charge on any atom is -0.368 e. The van der Waals surface area contributed by atoms with Gasteiger partial charge in [0.2, 0.25) is 5.95 Å². The molecular weight excluding hydrogens is 377 g/mol. The molecule has 6 nitrogen and oxygen atoms in total. The zero-order valence-corrected chi connectivity index (χ0v) is 15.4. The number of hydrogen-bond donors (Lipinski definition) is 2. The van der Waals surface area contributed by atoms with Crippen molar-refractivity contribution < 1.29 is 13.2 Å². The molecule has 0 amide bonds. The van der Waals surface area contributed by atoms with E-state index in [1.165, 1.54) is 0 Å². The van der Waals surface area contributed by atoms with Crippen LogP contribution in [0, 0.1) is 0 Å². The van der Waals surface area contributed by atoms with Gasteiger partial charge in [0.25, 0.3) is 0 Å². The summed E-state index contributed by atoms with van der Waals surface area (Å²) in [6.07, 6.45) is -4.57. The van der Waals surface area contributed by atoms with Gasteiger partial charge in [0.05, 0.1) is 0 Å². The molecule has 3 rings (SSSR count). The molecule has 0 aliphatic carbocycles. The third kappa shape index (κ3) is 4.76. The molecule has 0 bridgehead atoms. The highest BCUT2D eigenvalue weighted by molar-refractivity contribution is 7.80. The smallest absolute Gasteiger partial charge is 0.368 e. The molecule has 2 aromatic rings. The second kappa shape index (κ2) is 7.95. The maximum atomic E-state index is 13.2. The minimum absolute atomic E-state index is 0.147. The number of nitrogens with zero attached hydrogens (tertiary/aromatic N) is 4. The van der Waals surface area contributed by atoms with Crippen LogP contribution in [0.4, 0.5) is 30.6 Å². The van der Waals surface area contributed by atoms with E-state index in [4.69, 9.17) is 12.2 Å². The summed E-state index contributed by atoms with van der Waals surface area (Å²) in [7, 11) is 1.56. The summed E-state index contributed by atoms with van der Waals surface area (Å²) in [6, 6.07) is 10.9. The number of rotatable bonds is 3. The molecule has 2 N–H and O–H groups in total. The molecule has 10 heteroatoms. The molecule has 0 unspecified atom stereocenters. The van der Waals surface area contributed by atoms with Crippen LogP contribution in [0.1, 0.15) is 5.69 Å². The highest BCUT2D eigenvalue weighted by Crippen LogP contribution is 2.31. The number of para-hydroxylation sites is 1. The lowest BCUT2D eigenvalue weighted by atomic mass is 10.2. The maximum absolute atomic E-state index is 13.2. The van der Waals surface area contributed by atoms with E-state index in [0.717, 1.165) is 11.8 Å². The molecule has 1 aromatic heterocycles. The number of halogens is 3. The molecule has 27 heavy (non-hydrogen) atoms. The first-order chi connectivity index (χ1) is 12.9. The zero-order valence-electron chi connectivity index (χ0n) is 14.6. The van der Waals surface area contributed by atoms with Crippen LogP contribution in [0.2, 0.25) is 0 Å². The SMILES string of the molecule is CNC(=S)Nc1nc(N2CCN(c3ccccc3)CC2)cc(C(F)(F)F)n1. The van der Waals surface area contributed by atoms with Crippen LogP contribution < -0.4 is 20.4 Å². The van der Waals surface area contributed by atoms with E-state index in [9.17, 15) is 13.2 Å². The van der Waals surface area contributed by atoms with Gasteiger partial charge in [0.1, 0.15) is 5.82 Å². The molecule has 1 aliphatic heterocycles. The molecular formula is C17H19F3N6S. The summed E-state index contributed by atoms with van der Waals surface area (Å²) in [6.45, 7) is 2.48. The highest BCUT2D eigenvalue weighted by atomic mass is 32.1. The summed E-state index contributed by atoms with van der Waals surface area (Å²) in [5.41, 5.74) is 0.0944. The molecule has 1 saturated heterocycles. The van der Waals surface area contributed by atoms with Gasteiger partial charge in [-0.15, -0.1) is 0 Å². The van der Waals surface area contributed by atoms with Crippen molar-refractivity contribution in [3.8, 4) is 0 Å². The lowest BCUT2D eigenvalue weighted by Gasteiger charge is -2.37. The largest absolute Gasteiger partial charge is 0.433 e. The van der Waals surface area contributed by atoms with Crippen LogP contribution in [0.5, 0.6) is 0 Å². The molecule has 0 atom stereocenters. The fourth-order valence-corrected chi connectivity index (χ4v) is 2.89. The van der Waals surface area contributed by atoms with Gasteiger partial charge in [-0.25, -0.2) is 4.98 Å². The quantitative estimate of drug-likeness (QED) is 0.774. The number of anilines is 3. The summed E-state index contributed by atoms with van der Waals surface area (Å²) < 4.78 is 39.7. The van der Waals surface area contributed by atoms with Gasteiger partial charge in [-0.2, -0.15) is 18.2 Å². The van der Waals surface area contributed by atoms with Gasteiger partial charge in [-0.05, 0) is 24.4 Å². The number of nitrogens with one attached hydrogen (secondary N) is 2. The van der Waals surface area contributed by atoms with Crippen LogP contribution in [-0.2, 0) is 6.18 Å². The average Bonchev–Trinajstić information content (AvgIpc) is 2.68. The Morgan fingerprint density at radius 2 is 1.67 bits per heavy atom. The predicted octanol–water partition coefficient (Wildman–Crippen LogP) is 2.74. The highest BCUT2D eigenvalue weighted by Gasteiger charge is 2.34. The van der Waals surface area contributed by atoms with Crippen molar-refractivity contribution >= 4 is 34.8 Å². The van der Waals surface area contributed by atoms with E-state index in [-0.39, 0.29) is 16.9 Å². The van der Waals surface area contributed by atoms with Crippen LogP contribution in [0.15, 0.2) is 36.4 Å². The Hall–Kier alpha value is -2.62. The first-order valence-electron chi connectivity index (χ1n) is 8.37. The van der Waals surface area contributed by atoms with E-state index in [0.29, 0.717) is 26.2 Å². The predicted molar refractivity (Wildman–Crippen MR) is 103 cm³/mol. The summed E-state index contributed by atoms with van der Waals surface area (Å²) >= 11 is 4.94. The van der Waals surface area contributed by atoms with E-state index in [1.807, 2.05) is 35.2 Å². The van der Waals surface area contributed by atoms with Crippen LogP contribution >= 0.6 is 12.2 Å². The number of benzene rings is 1. The van der Waals surface area contributed by atoms with Crippen molar-refractivity contribution in [3.05, 3.63) is 42.1 Å². The molecule has 1 aromatic carbocycles. The first kappa shape index (κ1) is 19.2. The molecule has 1 aliphatic rings. The molecule has 0 saturated carbocycles. The van der Waals surface area contributed by atoms with Crippen LogP contribution in [-0.4, -0.2) is 48.3 Å². The maximum Gasteiger partial charge on any atom is 0.433 e. The zero-order chi connectivity index (χ0) is 19.4. The van der Waals surface area contributed by atoms with Gasteiger partial charge >= 0.3 is 6.18 Å². The Labute approximate surface area is 160 Å². The van der Waals surface area contributed by atoms with Gasteiger partial charge in [-0.3, -0.25) is 0 Å². The Balaban J connectivity index is 1.79. The fourth-order valence-electron chi connectivity index (χ4n) is 2.79. The number of piperazine rings is 1. The third-order valence-corrected chi connectivity index (χ3v) is 4.49. The van der Waals surface area contributed by atoms with Crippen molar-refractivity contribution in [2.24, 2.45) is 0 Å². The summed E-state index contributed by atoms with van der Waals surface area (Å²) in [5, 5.41) is 5.36. The molecule has 0 radical (unpaired) electrons. The van der Waals surface area contributed by atoms with E-state index >= 15 is 0 Å². The number of thiocarbonyl (C=S) groups is 1. The van der Waals surface area contributed by atoms with Crippen molar-refractivity contribution in [3.63, 3.8) is 0 Å². The second-order valence-corrected chi connectivity index (χ2v) is 6.35. The molecule has 144 valence electrons.